The predicted molar refractivity (Wildman–Crippen MR) is 114 cm³/mol. The van der Waals surface area contributed by atoms with E-state index in [0.717, 1.165) is 42.6 Å². The normalized spacial score (nSPS) is 18.5. The molecule has 0 unspecified atom stereocenters. The molecular formula is C24H30N2O2. The van der Waals surface area contributed by atoms with Crippen LogP contribution in [0.4, 0.5) is 11.4 Å². The van der Waals surface area contributed by atoms with Gasteiger partial charge in [-0.05, 0) is 43.5 Å². The van der Waals surface area contributed by atoms with Gasteiger partial charge >= 0.3 is 0 Å². The molecule has 1 heterocycles. The van der Waals surface area contributed by atoms with E-state index < -0.39 is 0 Å². The zero-order chi connectivity index (χ0) is 20.1. The summed E-state index contributed by atoms with van der Waals surface area (Å²) in [5.41, 5.74) is 2.88. The van der Waals surface area contributed by atoms with Crippen molar-refractivity contribution in [3.05, 3.63) is 60.2 Å². The highest BCUT2D eigenvalue weighted by atomic mass is 16.2. The van der Waals surface area contributed by atoms with Crippen LogP contribution >= 0.6 is 0 Å². The Bertz CT molecular complexity index is 818. The standard InChI is InChI=1S/C24H30N2O2/c1-4-5-7-16-24(28)25-18(2)17-23(21-14-10-11-15-22(21)25)26(19(3)27)20-12-8-6-9-13-20/h6,8-15,18,23H,4-5,7,16-17H2,1-3H3/t18-,23-/m0/s1. The molecule has 1 aliphatic rings. The van der Waals surface area contributed by atoms with Gasteiger partial charge in [-0.1, -0.05) is 56.2 Å². The minimum absolute atomic E-state index is 0.0147. The van der Waals surface area contributed by atoms with Crippen LogP contribution in [0.5, 0.6) is 0 Å². The Morgan fingerprint density at radius 3 is 2.39 bits per heavy atom. The Morgan fingerprint density at radius 2 is 1.71 bits per heavy atom. The first-order chi connectivity index (χ1) is 13.5. The largest absolute Gasteiger partial charge is 0.309 e. The third-order valence-corrected chi connectivity index (χ3v) is 5.51. The number of carbonyl (C=O) groups is 2. The molecule has 2 aromatic carbocycles. The van der Waals surface area contributed by atoms with Crippen LogP contribution in [0.15, 0.2) is 54.6 Å². The lowest BCUT2D eigenvalue weighted by Gasteiger charge is -2.43. The second-order valence-corrected chi connectivity index (χ2v) is 7.60. The molecule has 2 amide bonds. The Morgan fingerprint density at radius 1 is 1.04 bits per heavy atom. The van der Waals surface area contributed by atoms with Crippen LogP contribution in [0.1, 0.15) is 64.5 Å². The number of anilines is 2. The summed E-state index contributed by atoms with van der Waals surface area (Å²) in [5, 5.41) is 0. The van der Waals surface area contributed by atoms with Gasteiger partial charge in [0.15, 0.2) is 0 Å². The molecule has 0 fully saturated rings. The number of benzene rings is 2. The molecule has 148 valence electrons. The first-order valence-electron chi connectivity index (χ1n) is 10.3. The van der Waals surface area contributed by atoms with E-state index in [0.29, 0.717) is 6.42 Å². The topological polar surface area (TPSA) is 40.6 Å². The highest BCUT2D eigenvalue weighted by Crippen LogP contribution is 2.42. The van der Waals surface area contributed by atoms with Gasteiger partial charge in [0.05, 0.1) is 6.04 Å². The molecular weight excluding hydrogens is 348 g/mol. The molecule has 0 saturated carbocycles. The molecule has 4 nitrogen and oxygen atoms in total. The summed E-state index contributed by atoms with van der Waals surface area (Å²) in [7, 11) is 0. The molecule has 3 rings (SSSR count). The van der Waals surface area contributed by atoms with Gasteiger partial charge < -0.3 is 9.80 Å². The van der Waals surface area contributed by atoms with E-state index in [9.17, 15) is 9.59 Å². The van der Waals surface area contributed by atoms with Crippen molar-refractivity contribution < 1.29 is 9.59 Å². The van der Waals surface area contributed by atoms with Crippen molar-refractivity contribution in [3.8, 4) is 0 Å². The van der Waals surface area contributed by atoms with Crippen molar-refractivity contribution in [1.29, 1.82) is 0 Å². The van der Waals surface area contributed by atoms with E-state index in [1.807, 2.05) is 58.3 Å². The maximum absolute atomic E-state index is 13.0. The number of para-hydroxylation sites is 2. The summed E-state index contributed by atoms with van der Waals surface area (Å²) in [5.74, 6) is 0.196. The average molecular weight is 379 g/mol. The lowest BCUT2D eigenvalue weighted by molar-refractivity contribution is -0.119. The number of nitrogens with zero attached hydrogens (tertiary/aromatic N) is 2. The van der Waals surface area contributed by atoms with Crippen molar-refractivity contribution in [2.75, 3.05) is 9.80 Å². The van der Waals surface area contributed by atoms with E-state index in [1.54, 1.807) is 6.92 Å². The van der Waals surface area contributed by atoms with Crippen molar-refractivity contribution >= 4 is 23.2 Å². The van der Waals surface area contributed by atoms with Crippen LogP contribution in [0.3, 0.4) is 0 Å². The number of carbonyl (C=O) groups excluding carboxylic acids is 2. The molecule has 1 aliphatic heterocycles. The summed E-state index contributed by atoms with van der Waals surface area (Å²) < 4.78 is 0. The van der Waals surface area contributed by atoms with Crippen LogP contribution < -0.4 is 9.80 Å². The van der Waals surface area contributed by atoms with Gasteiger partial charge in [-0.3, -0.25) is 9.59 Å². The third kappa shape index (κ3) is 4.11. The number of hydrogen-bond donors (Lipinski definition) is 0. The predicted octanol–water partition coefficient (Wildman–Crippen LogP) is 5.49. The van der Waals surface area contributed by atoms with Gasteiger partial charge in [-0.25, -0.2) is 0 Å². The quantitative estimate of drug-likeness (QED) is 0.624. The maximum Gasteiger partial charge on any atom is 0.227 e. The van der Waals surface area contributed by atoms with Gasteiger partial charge in [-0.15, -0.1) is 0 Å². The van der Waals surface area contributed by atoms with Crippen molar-refractivity contribution in [1.82, 2.24) is 0 Å². The fourth-order valence-corrected chi connectivity index (χ4v) is 4.22. The zero-order valence-electron chi connectivity index (χ0n) is 17.1. The Kier molecular flexibility index (Phi) is 6.50. The van der Waals surface area contributed by atoms with Crippen LogP contribution in [0.2, 0.25) is 0 Å². The smallest absolute Gasteiger partial charge is 0.227 e. The molecule has 0 aromatic heterocycles. The minimum atomic E-state index is -0.0780. The monoisotopic (exact) mass is 378 g/mol. The second-order valence-electron chi connectivity index (χ2n) is 7.60. The van der Waals surface area contributed by atoms with Crippen molar-refractivity contribution in [3.63, 3.8) is 0 Å². The second kappa shape index (κ2) is 9.05. The van der Waals surface area contributed by atoms with Crippen molar-refractivity contribution in [2.45, 2.75) is 65.0 Å². The van der Waals surface area contributed by atoms with E-state index in [1.165, 1.54) is 0 Å². The summed E-state index contributed by atoms with van der Waals surface area (Å²) in [4.78, 5) is 29.4. The number of fused-ring (bicyclic) bond motifs is 1. The maximum atomic E-state index is 13.0. The fraction of sp³-hybridized carbons (Fsp3) is 0.417. The number of rotatable bonds is 6. The highest BCUT2D eigenvalue weighted by molar-refractivity contribution is 5.97. The van der Waals surface area contributed by atoms with Crippen molar-refractivity contribution in [2.24, 2.45) is 0 Å². The average Bonchev–Trinajstić information content (AvgIpc) is 2.69. The molecule has 0 saturated heterocycles. The van der Waals surface area contributed by atoms with E-state index in [2.05, 4.69) is 19.9 Å². The first kappa shape index (κ1) is 20.1. The molecule has 0 spiro atoms. The minimum Gasteiger partial charge on any atom is -0.309 e. The van der Waals surface area contributed by atoms with Gasteiger partial charge in [0.2, 0.25) is 11.8 Å². The summed E-state index contributed by atoms with van der Waals surface area (Å²) in [6.45, 7) is 5.85. The van der Waals surface area contributed by atoms with Gasteiger partial charge in [0.1, 0.15) is 0 Å². The lowest BCUT2D eigenvalue weighted by atomic mass is 9.89. The third-order valence-electron chi connectivity index (χ3n) is 5.51. The number of amides is 2. The SMILES string of the molecule is CCCCCC(=O)N1c2ccccc2[C@@H](N(C(C)=O)c2ccccc2)C[C@@H]1C. The zero-order valence-corrected chi connectivity index (χ0v) is 17.1. The van der Waals surface area contributed by atoms with E-state index in [4.69, 9.17) is 0 Å². The molecule has 28 heavy (non-hydrogen) atoms. The van der Waals surface area contributed by atoms with Crippen LogP contribution in [-0.4, -0.2) is 17.9 Å². The highest BCUT2D eigenvalue weighted by Gasteiger charge is 2.37. The molecule has 0 radical (unpaired) electrons. The van der Waals surface area contributed by atoms with E-state index >= 15 is 0 Å². The molecule has 2 atom stereocenters. The lowest BCUT2D eigenvalue weighted by Crippen LogP contribution is -2.47. The number of unbranched alkanes of at least 4 members (excludes halogenated alkanes) is 2. The van der Waals surface area contributed by atoms with Gasteiger partial charge in [-0.2, -0.15) is 0 Å². The Labute approximate surface area is 168 Å². The molecule has 4 heteroatoms. The van der Waals surface area contributed by atoms with E-state index in [-0.39, 0.29) is 23.9 Å². The summed E-state index contributed by atoms with van der Waals surface area (Å²) in [6.07, 6.45) is 4.40. The number of hydrogen-bond acceptors (Lipinski definition) is 2. The summed E-state index contributed by atoms with van der Waals surface area (Å²) in [6, 6.07) is 17.8. The summed E-state index contributed by atoms with van der Waals surface area (Å²) >= 11 is 0. The van der Waals surface area contributed by atoms with Crippen LogP contribution in [0, 0.1) is 0 Å². The van der Waals surface area contributed by atoms with Crippen LogP contribution in [-0.2, 0) is 9.59 Å². The first-order valence-corrected chi connectivity index (χ1v) is 10.3. The van der Waals surface area contributed by atoms with Gasteiger partial charge in [0, 0.05) is 30.8 Å². The van der Waals surface area contributed by atoms with Gasteiger partial charge in [0.25, 0.3) is 0 Å². The Hall–Kier alpha value is -2.62. The molecule has 0 aliphatic carbocycles. The molecule has 0 N–H and O–H groups in total. The molecule has 2 aromatic rings. The fourth-order valence-electron chi connectivity index (χ4n) is 4.22. The molecule has 0 bridgehead atoms. The van der Waals surface area contributed by atoms with Crippen LogP contribution in [0.25, 0.3) is 0 Å². The Balaban J connectivity index is 1.97.